The van der Waals surface area contributed by atoms with Crippen LogP contribution in [-0.2, 0) is 4.79 Å². The van der Waals surface area contributed by atoms with Gasteiger partial charge in [-0.3, -0.25) is 4.79 Å². The number of rotatable bonds is 5. The number of aromatic nitrogens is 2. The first-order chi connectivity index (χ1) is 8.15. The molecule has 92 valence electrons. The van der Waals surface area contributed by atoms with E-state index < -0.39 is 0 Å². The van der Waals surface area contributed by atoms with Gasteiger partial charge in [0.05, 0.1) is 6.54 Å². The van der Waals surface area contributed by atoms with E-state index in [4.69, 9.17) is 0 Å². The predicted octanol–water partition coefficient (Wildman–Crippen LogP) is 1.03. The summed E-state index contributed by atoms with van der Waals surface area (Å²) >= 11 is 0. The van der Waals surface area contributed by atoms with Crippen molar-refractivity contribution in [2.45, 2.75) is 26.7 Å². The van der Waals surface area contributed by atoms with E-state index in [0.717, 1.165) is 17.8 Å². The van der Waals surface area contributed by atoms with Crippen LogP contribution in [0.25, 0.3) is 0 Å². The lowest BCUT2D eigenvalue weighted by atomic mass is 10.3. The minimum atomic E-state index is -0.00118. The van der Waals surface area contributed by atoms with Gasteiger partial charge in [-0.2, -0.15) is 0 Å². The molecular weight excluding hydrogens is 216 g/mol. The topological polar surface area (TPSA) is 66.9 Å². The van der Waals surface area contributed by atoms with E-state index in [0.29, 0.717) is 11.9 Å². The Balaban J connectivity index is 1.75. The Morgan fingerprint density at radius 3 is 2.88 bits per heavy atom. The van der Waals surface area contributed by atoms with Crippen LogP contribution in [0.3, 0.4) is 0 Å². The summed E-state index contributed by atoms with van der Waals surface area (Å²) < 4.78 is 0. The van der Waals surface area contributed by atoms with Crippen molar-refractivity contribution in [1.82, 2.24) is 15.3 Å². The molecule has 0 radical (unpaired) electrons. The van der Waals surface area contributed by atoms with Gasteiger partial charge >= 0.3 is 0 Å². The highest BCUT2D eigenvalue weighted by molar-refractivity contribution is 5.80. The summed E-state index contributed by atoms with van der Waals surface area (Å²) in [5.74, 6) is 1.21. The van der Waals surface area contributed by atoms with Crippen LogP contribution in [0.2, 0.25) is 0 Å². The van der Waals surface area contributed by atoms with Gasteiger partial charge in [-0.15, -0.1) is 0 Å². The minimum Gasteiger partial charge on any atom is -0.354 e. The molecule has 17 heavy (non-hydrogen) atoms. The number of carbonyl (C=O) groups is 1. The molecule has 0 atom stereocenters. The van der Waals surface area contributed by atoms with Gasteiger partial charge < -0.3 is 10.6 Å². The standard InChI is InChI=1S/C12H18N4O/c1-8-5-14-12(16-9(8)2)15-7-11(17)13-6-10-3-4-10/h5,10H,3-4,6-7H2,1-2H3,(H,13,17)(H,14,15,16). The van der Waals surface area contributed by atoms with Crippen molar-refractivity contribution in [3.05, 3.63) is 17.5 Å². The highest BCUT2D eigenvalue weighted by Crippen LogP contribution is 2.27. The van der Waals surface area contributed by atoms with E-state index in [1.807, 2.05) is 13.8 Å². The van der Waals surface area contributed by atoms with Crippen LogP contribution in [0, 0.1) is 19.8 Å². The van der Waals surface area contributed by atoms with Gasteiger partial charge in [0.1, 0.15) is 0 Å². The van der Waals surface area contributed by atoms with Gasteiger partial charge in [0.25, 0.3) is 0 Å². The van der Waals surface area contributed by atoms with E-state index >= 15 is 0 Å². The summed E-state index contributed by atoms with van der Waals surface area (Å²) in [6.45, 7) is 4.92. The van der Waals surface area contributed by atoms with Crippen LogP contribution in [0.1, 0.15) is 24.1 Å². The maximum Gasteiger partial charge on any atom is 0.239 e. The number of hydrogen-bond donors (Lipinski definition) is 2. The molecule has 1 heterocycles. The third-order valence-electron chi connectivity index (χ3n) is 2.92. The van der Waals surface area contributed by atoms with Gasteiger partial charge in [0, 0.05) is 18.4 Å². The highest BCUT2D eigenvalue weighted by Gasteiger charge is 2.21. The van der Waals surface area contributed by atoms with E-state index in [9.17, 15) is 4.79 Å². The molecule has 0 saturated heterocycles. The van der Waals surface area contributed by atoms with Crippen molar-refractivity contribution in [1.29, 1.82) is 0 Å². The van der Waals surface area contributed by atoms with E-state index in [1.54, 1.807) is 6.20 Å². The molecule has 2 rings (SSSR count). The zero-order chi connectivity index (χ0) is 12.3. The van der Waals surface area contributed by atoms with Crippen LogP contribution < -0.4 is 10.6 Å². The smallest absolute Gasteiger partial charge is 0.239 e. The van der Waals surface area contributed by atoms with Crippen molar-refractivity contribution in [2.75, 3.05) is 18.4 Å². The van der Waals surface area contributed by atoms with Crippen molar-refractivity contribution in [2.24, 2.45) is 5.92 Å². The molecule has 5 nitrogen and oxygen atoms in total. The fraction of sp³-hybridized carbons (Fsp3) is 0.583. The molecule has 5 heteroatoms. The zero-order valence-electron chi connectivity index (χ0n) is 10.3. The number of hydrogen-bond acceptors (Lipinski definition) is 4. The van der Waals surface area contributed by atoms with Crippen molar-refractivity contribution < 1.29 is 4.79 Å². The lowest BCUT2D eigenvalue weighted by Gasteiger charge is -2.07. The lowest BCUT2D eigenvalue weighted by Crippen LogP contribution is -2.31. The summed E-state index contributed by atoms with van der Waals surface area (Å²) in [5, 5.41) is 5.81. The van der Waals surface area contributed by atoms with Crippen molar-refractivity contribution in [3.63, 3.8) is 0 Å². The zero-order valence-corrected chi connectivity index (χ0v) is 10.3. The van der Waals surface area contributed by atoms with Crippen LogP contribution in [-0.4, -0.2) is 29.0 Å². The normalized spacial score (nSPS) is 14.5. The molecule has 0 aromatic carbocycles. The van der Waals surface area contributed by atoms with E-state index in [-0.39, 0.29) is 12.5 Å². The molecule has 0 unspecified atom stereocenters. The second kappa shape index (κ2) is 5.12. The first-order valence-corrected chi connectivity index (χ1v) is 5.96. The molecule has 0 aliphatic heterocycles. The quantitative estimate of drug-likeness (QED) is 0.798. The van der Waals surface area contributed by atoms with Crippen LogP contribution >= 0.6 is 0 Å². The molecule has 1 aromatic heterocycles. The predicted molar refractivity (Wildman–Crippen MR) is 65.7 cm³/mol. The van der Waals surface area contributed by atoms with E-state index in [2.05, 4.69) is 20.6 Å². The van der Waals surface area contributed by atoms with Gasteiger partial charge in [0.15, 0.2) is 0 Å². The SMILES string of the molecule is Cc1cnc(NCC(=O)NCC2CC2)nc1C. The average Bonchev–Trinajstić information content (AvgIpc) is 3.12. The molecule has 1 aliphatic carbocycles. The fourth-order valence-corrected chi connectivity index (χ4v) is 1.41. The maximum absolute atomic E-state index is 11.5. The van der Waals surface area contributed by atoms with Gasteiger partial charge in [0.2, 0.25) is 11.9 Å². The number of amides is 1. The third-order valence-corrected chi connectivity index (χ3v) is 2.92. The largest absolute Gasteiger partial charge is 0.354 e. The first-order valence-electron chi connectivity index (χ1n) is 5.96. The fourth-order valence-electron chi connectivity index (χ4n) is 1.41. The first kappa shape index (κ1) is 11.8. The second-order valence-corrected chi connectivity index (χ2v) is 4.56. The van der Waals surface area contributed by atoms with Crippen LogP contribution in [0.5, 0.6) is 0 Å². The highest BCUT2D eigenvalue weighted by atomic mass is 16.1. The lowest BCUT2D eigenvalue weighted by molar-refractivity contribution is -0.119. The van der Waals surface area contributed by atoms with Gasteiger partial charge in [-0.25, -0.2) is 9.97 Å². The summed E-state index contributed by atoms with van der Waals surface area (Å²) in [7, 11) is 0. The average molecular weight is 234 g/mol. The molecule has 2 N–H and O–H groups in total. The molecule has 1 aliphatic rings. The maximum atomic E-state index is 11.5. The Kier molecular flexibility index (Phi) is 3.56. The molecule has 0 spiro atoms. The summed E-state index contributed by atoms with van der Waals surface area (Å²) in [6, 6.07) is 0. The van der Waals surface area contributed by atoms with Gasteiger partial charge in [-0.1, -0.05) is 0 Å². The molecular formula is C12H18N4O. The number of carbonyl (C=O) groups excluding carboxylic acids is 1. The molecule has 1 amide bonds. The van der Waals surface area contributed by atoms with Gasteiger partial charge in [-0.05, 0) is 38.2 Å². The number of aryl methyl sites for hydroxylation is 2. The molecule has 1 fully saturated rings. The minimum absolute atomic E-state index is 0.00118. The summed E-state index contributed by atoms with van der Waals surface area (Å²) in [4.78, 5) is 19.8. The van der Waals surface area contributed by atoms with Crippen molar-refractivity contribution >= 4 is 11.9 Å². The Bertz CT molecular complexity index is 415. The summed E-state index contributed by atoms with van der Waals surface area (Å²) in [6.07, 6.45) is 4.24. The Hall–Kier alpha value is -1.65. The van der Waals surface area contributed by atoms with E-state index in [1.165, 1.54) is 12.8 Å². The van der Waals surface area contributed by atoms with Crippen LogP contribution in [0.4, 0.5) is 5.95 Å². The monoisotopic (exact) mass is 234 g/mol. The Morgan fingerprint density at radius 2 is 2.24 bits per heavy atom. The van der Waals surface area contributed by atoms with Crippen LogP contribution in [0.15, 0.2) is 6.20 Å². The molecule has 1 saturated carbocycles. The molecule has 1 aromatic rings. The Labute approximate surface area is 101 Å². The third kappa shape index (κ3) is 3.69. The number of anilines is 1. The molecule has 0 bridgehead atoms. The Morgan fingerprint density at radius 1 is 1.47 bits per heavy atom. The summed E-state index contributed by atoms with van der Waals surface area (Å²) in [5.41, 5.74) is 1.98. The number of nitrogens with one attached hydrogen (secondary N) is 2. The van der Waals surface area contributed by atoms with Crippen molar-refractivity contribution in [3.8, 4) is 0 Å². The number of nitrogens with zero attached hydrogens (tertiary/aromatic N) is 2. The second-order valence-electron chi connectivity index (χ2n) is 4.56.